The third kappa shape index (κ3) is 3.56. The molecule has 2 rings (SSSR count). The average molecular weight is 265 g/mol. The molecule has 0 aromatic carbocycles. The largest absolute Gasteiger partial charge is 0.389 e. The van der Waals surface area contributed by atoms with Gasteiger partial charge in [0, 0.05) is 12.5 Å². The van der Waals surface area contributed by atoms with Gasteiger partial charge in [0.25, 0.3) is 0 Å². The molecule has 1 aromatic rings. The molecule has 108 valence electrons. The van der Waals surface area contributed by atoms with Gasteiger partial charge >= 0.3 is 0 Å². The first-order chi connectivity index (χ1) is 9.04. The van der Waals surface area contributed by atoms with E-state index in [1.165, 1.54) is 12.8 Å². The molecular formula is C15H27N3O. The van der Waals surface area contributed by atoms with E-state index in [2.05, 4.69) is 30.9 Å². The van der Waals surface area contributed by atoms with Crippen LogP contribution in [0.15, 0.2) is 6.33 Å². The van der Waals surface area contributed by atoms with Gasteiger partial charge in [0.05, 0.1) is 5.60 Å². The summed E-state index contributed by atoms with van der Waals surface area (Å²) in [5.74, 6) is 1.74. The van der Waals surface area contributed by atoms with Crippen molar-refractivity contribution in [3.8, 4) is 0 Å². The van der Waals surface area contributed by atoms with Crippen molar-refractivity contribution >= 4 is 0 Å². The number of hydrogen-bond acceptors (Lipinski definition) is 3. The lowest BCUT2D eigenvalue weighted by atomic mass is 9.75. The maximum Gasteiger partial charge on any atom is 0.138 e. The van der Waals surface area contributed by atoms with Gasteiger partial charge in [-0.3, -0.25) is 0 Å². The molecule has 4 heteroatoms. The van der Waals surface area contributed by atoms with Crippen LogP contribution in [-0.2, 0) is 6.42 Å². The first-order valence-corrected chi connectivity index (χ1v) is 7.65. The lowest BCUT2D eigenvalue weighted by molar-refractivity contribution is -0.0124. The molecule has 0 radical (unpaired) electrons. The van der Waals surface area contributed by atoms with Crippen molar-refractivity contribution in [3.05, 3.63) is 12.2 Å². The molecule has 4 nitrogen and oxygen atoms in total. The monoisotopic (exact) mass is 265 g/mol. The fourth-order valence-electron chi connectivity index (χ4n) is 3.21. The topological polar surface area (TPSA) is 50.9 Å². The Morgan fingerprint density at radius 3 is 2.68 bits per heavy atom. The first kappa shape index (κ1) is 14.5. The lowest BCUT2D eigenvalue weighted by Crippen LogP contribution is -2.37. The van der Waals surface area contributed by atoms with Gasteiger partial charge in [-0.1, -0.05) is 19.8 Å². The van der Waals surface area contributed by atoms with E-state index in [4.69, 9.17) is 0 Å². The molecule has 0 saturated heterocycles. The molecule has 19 heavy (non-hydrogen) atoms. The minimum Gasteiger partial charge on any atom is -0.389 e. The Kier molecular flexibility index (Phi) is 4.61. The Balaban J connectivity index is 1.97. The van der Waals surface area contributed by atoms with Crippen LogP contribution in [0.2, 0.25) is 0 Å². The zero-order valence-corrected chi connectivity index (χ0v) is 12.5. The highest BCUT2D eigenvalue weighted by atomic mass is 16.3. The minimum absolute atomic E-state index is 0.303. The summed E-state index contributed by atoms with van der Waals surface area (Å²) in [6, 6.07) is 0.303. The molecule has 0 atom stereocenters. The van der Waals surface area contributed by atoms with Crippen LogP contribution in [0.4, 0.5) is 0 Å². The van der Waals surface area contributed by atoms with Crippen LogP contribution in [0.1, 0.15) is 71.2 Å². The van der Waals surface area contributed by atoms with Gasteiger partial charge < -0.3 is 5.11 Å². The molecule has 0 unspecified atom stereocenters. The number of hydrogen-bond donors (Lipinski definition) is 1. The highest BCUT2D eigenvalue weighted by Gasteiger charge is 2.34. The Morgan fingerprint density at radius 2 is 2.11 bits per heavy atom. The van der Waals surface area contributed by atoms with E-state index in [1.807, 2.05) is 4.68 Å². The van der Waals surface area contributed by atoms with Crippen LogP contribution >= 0.6 is 0 Å². The second-order valence-electron chi connectivity index (χ2n) is 6.35. The molecule has 0 spiro atoms. The lowest BCUT2D eigenvalue weighted by Gasteiger charge is -2.36. The van der Waals surface area contributed by atoms with Crippen molar-refractivity contribution in [2.24, 2.45) is 5.92 Å². The summed E-state index contributed by atoms with van der Waals surface area (Å²) < 4.78 is 1.93. The molecule has 1 heterocycles. The minimum atomic E-state index is -0.566. The summed E-state index contributed by atoms with van der Waals surface area (Å²) >= 11 is 0. The zero-order chi connectivity index (χ0) is 13.9. The van der Waals surface area contributed by atoms with E-state index in [0.717, 1.165) is 37.4 Å². The van der Waals surface area contributed by atoms with Crippen molar-refractivity contribution in [3.63, 3.8) is 0 Å². The van der Waals surface area contributed by atoms with E-state index in [0.29, 0.717) is 12.5 Å². The van der Waals surface area contributed by atoms with Crippen LogP contribution in [0, 0.1) is 5.92 Å². The van der Waals surface area contributed by atoms with Crippen LogP contribution in [0.25, 0.3) is 0 Å². The molecule has 0 aliphatic heterocycles. The molecule has 1 aliphatic carbocycles. The van der Waals surface area contributed by atoms with Gasteiger partial charge in [-0.2, -0.15) is 5.10 Å². The van der Waals surface area contributed by atoms with Crippen LogP contribution in [0.5, 0.6) is 0 Å². The van der Waals surface area contributed by atoms with Crippen molar-refractivity contribution in [2.75, 3.05) is 0 Å². The normalized spacial score (nSPS) is 27.9. The molecule has 1 saturated carbocycles. The van der Waals surface area contributed by atoms with Crippen LogP contribution < -0.4 is 0 Å². The zero-order valence-electron chi connectivity index (χ0n) is 12.5. The first-order valence-electron chi connectivity index (χ1n) is 7.65. The molecule has 1 fully saturated rings. The number of rotatable bonds is 5. The smallest absolute Gasteiger partial charge is 0.138 e. The van der Waals surface area contributed by atoms with Gasteiger partial charge in [0.2, 0.25) is 0 Å². The van der Waals surface area contributed by atoms with Crippen molar-refractivity contribution in [1.82, 2.24) is 14.8 Å². The Hall–Kier alpha value is -0.900. The van der Waals surface area contributed by atoms with Crippen molar-refractivity contribution in [1.29, 1.82) is 0 Å². The highest BCUT2D eigenvalue weighted by molar-refractivity contribution is 4.97. The number of aromatic nitrogens is 3. The summed E-state index contributed by atoms with van der Waals surface area (Å²) in [5, 5.41) is 15.0. The second-order valence-corrected chi connectivity index (χ2v) is 6.35. The molecule has 1 aromatic heterocycles. The van der Waals surface area contributed by atoms with Crippen molar-refractivity contribution < 1.29 is 5.11 Å². The predicted octanol–water partition coefficient (Wildman–Crippen LogP) is 3.12. The Labute approximate surface area is 116 Å². The Bertz CT molecular complexity index is 392. The molecule has 1 N–H and O–H groups in total. The summed E-state index contributed by atoms with van der Waals surface area (Å²) in [6.07, 6.45) is 8.92. The van der Waals surface area contributed by atoms with Gasteiger partial charge in [0.1, 0.15) is 12.2 Å². The van der Waals surface area contributed by atoms with E-state index in [1.54, 1.807) is 6.33 Å². The molecular weight excluding hydrogens is 238 g/mol. The van der Waals surface area contributed by atoms with Crippen LogP contribution in [0.3, 0.4) is 0 Å². The average Bonchev–Trinajstić information content (AvgIpc) is 2.80. The highest BCUT2D eigenvalue weighted by Crippen LogP contribution is 2.36. The van der Waals surface area contributed by atoms with Gasteiger partial charge in [0.15, 0.2) is 0 Å². The van der Waals surface area contributed by atoms with E-state index >= 15 is 0 Å². The third-order valence-electron chi connectivity index (χ3n) is 4.36. The maximum atomic E-state index is 10.8. The molecule has 0 amide bonds. The van der Waals surface area contributed by atoms with E-state index in [9.17, 15) is 5.11 Å². The maximum absolute atomic E-state index is 10.8. The quantitative estimate of drug-likeness (QED) is 0.890. The third-order valence-corrected chi connectivity index (χ3v) is 4.36. The SMILES string of the molecule is CCCC1CCC(O)(Cc2ncnn2C(C)C)CC1. The predicted molar refractivity (Wildman–Crippen MR) is 75.9 cm³/mol. The summed E-state index contributed by atoms with van der Waals surface area (Å²) in [5.41, 5.74) is -0.566. The van der Waals surface area contributed by atoms with Gasteiger partial charge in [-0.15, -0.1) is 0 Å². The standard InChI is InChI=1S/C15H27N3O/c1-4-5-13-6-8-15(19,9-7-13)10-14-16-11-17-18(14)12(2)3/h11-13,19H,4-10H2,1-3H3. The summed E-state index contributed by atoms with van der Waals surface area (Å²) in [4.78, 5) is 4.32. The fraction of sp³-hybridized carbons (Fsp3) is 0.867. The summed E-state index contributed by atoms with van der Waals surface area (Å²) in [7, 11) is 0. The summed E-state index contributed by atoms with van der Waals surface area (Å²) in [6.45, 7) is 6.44. The van der Waals surface area contributed by atoms with Crippen LogP contribution in [-0.4, -0.2) is 25.5 Å². The molecule has 0 bridgehead atoms. The molecule has 1 aliphatic rings. The number of nitrogens with zero attached hydrogens (tertiary/aromatic N) is 3. The Morgan fingerprint density at radius 1 is 1.42 bits per heavy atom. The van der Waals surface area contributed by atoms with E-state index in [-0.39, 0.29) is 0 Å². The number of aliphatic hydroxyl groups is 1. The van der Waals surface area contributed by atoms with Gasteiger partial charge in [-0.05, 0) is 45.4 Å². The van der Waals surface area contributed by atoms with Crippen molar-refractivity contribution in [2.45, 2.75) is 77.4 Å². The fourth-order valence-corrected chi connectivity index (χ4v) is 3.21. The second kappa shape index (κ2) is 6.04. The van der Waals surface area contributed by atoms with Gasteiger partial charge in [-0.25, -0.2) is 9.67 Å². The van der Waals surface area contributed by atoms with E-state index < -0.39 is 5.60 Å².